The van der Waals surface area contributed by atoms with Crippen molar-refractivity contribution in [3.63, 3.8) is 0 Å². The fraction of sp³-hybridized carbons (Fsp3) is 0.364. The lowest BCUT2D eigenvalue weighted by Gasteiger charge is -2.30. The van der Waals surface area contributed by atoms with Crippen molar-refractivity contribution in [2.24, 2.45) is 5.92 Å². The molecule has 152 valence electrons. The molecule has 0 atom stereocenters. The summed E-state index contributed by atoms with van der Waals surface area (Å²) in [5.41, 5.74) is 1.51. The lowest BCUT2D eigenvalue weighted by molar-refractivity contribution is -0.121. The summed E-state index contributed by atoms with van der Waals surface area (Å²) < 4.78 is 11.0. The maximum Gasteiger partial charge on any atom is 0.238 e. The number of anilines is 2. The Morgan fingerprint density at radius 1 is 0.897 bits per heavy atom. The van der Waals surface area contributed by atoms with Crippen molar-refractivity contribution in [2.75, 3.05) is 43.5 Å². The molecule has 2 aromatic rings. The molecule has 2 aromatic carbocycles. The Morgan fingerprint density at radius 3 is 2.38 bits per heavy atom. The maximum absolute atomic E-state index is 12.4. The monoisotopic (exact) mass is 395 g/mol. The SMILES string of the molecule is O=C(CN1CCC(C(=O)Nc2ccccc2)CC1)Nc1ccc2c(c1)OCCO2. The summed E-state index contributed by atoms with van der Waals surface area (Å²) in [5, 5.41) is 5.88. The van der Waals surface area contributed by atoms with Gasteiger partial charge in [-0.3, -0.25) is 14.5 Å². The Labute approximate surface area is 170 Å². The number of carbonyl (C=O) groups is 2. The van der Waals surface area contributed by atoms with Gasteiger partial charge in [0.2, 0.25) is 11.8 Å². The largest absolute Gasteiger partial charge is 0.486 e. The summed E-state index contributed by atoms with van der Waals surface area (Å²) in [4.78, 5) is 26.9. The summed E-state index contributed by atoms with van der Waals surface area (Å²) in [6.07, 6.45) is 1.49. The number of ether oxygens (including phenoxy) is 2. The van der Waals surface area contributed by atoms with Gasteiger partial charge in [-0.15, -0.1) is 0 Å². The first-order valence-electron chi connectivity index (χ1n) is 9.95. The molecule has 29 heavy (non-hydrogen) atoms. The second-order valence-corrected chi connectivity index (χ2v) is 7.31. The smallest absolute Gasteiger partial charge is 0.238 e. The molecule has 2 N–H and O–H groups in total. The average Bonchev–Trinajstić information content (AvgIpc) is 2.75. The molecule has 0 bridgehead atoms. The van der Waals surface area contributed by atoms with Gasteiger partial charge in [-0.1, -0.05) is 18.2 Å². The molecule has 0 aliphatic carbocycles. The Bertz CT molecular complexity index is 864. The number of hydrogen-bond donors (Lipinski definition) is 2. The van der Waals surface area contributed by atoms with E-state index in [1.54, 1.807) is 12.1 Å². The van der Waals surface area contributed by atoms with E-state index in [1.165, 1.54) is 0 Å². The predicted octanol–water partition coefficient (Wildman–Crippen LogP) is 2.75. The zero-order valence-electron chi connectivity index (χ0n) is 16.2. The molecule has 7 nitrogen and oxygen atoms in total. The summed E-state index contributed by atoms with van der Waals surface area (Å²) in [6.45, 7) is 2.81. The molecule has 2 aliphatic heterocycles. The van der Waals surface area contributed by atoms with Crippen LogP contribution in [-0.4, -0.2) is 49.6 Å². The van der Waals surface area contributed by atoms with Crippen molar-refractivity contribution in [2.45, 2.75) is 12.8 Å². The number of rotatable bonds is 5. The summed E-state index contributed by atoms with van der Waals surface area (Å²) in [6, 6.07) is 14.9. The second kappa shape index (κ2) is 8.96. The van der Waals surface area contributed by atoms with E-state index in [1.807, 2.05) is 36.4 Å². The van der Waals surface area contributed by atoms with Gasteiger partial charge in [0, 0.05) is 23.4 Å². The van der Waals surface area contributed by atoms with Gasteiger partial charge in [-0.05, 0) is 50.2 Å². The molecule has 0 unspecified atom stereocenters. The molecule has 2 amide bonds. The van der Waals surface area contributed by atoms with Gasteiger partial charge < -0.3 is 20.1 Å². The summed E-state index contributed by atoms with van der Waals surface area (Å²) >= 11 is 0. The molecule has 2 heterocycles. The highest BCUT2D eigenvalue weighted by atomic mass is 16.6. The number of likely N-dealkylation sites (tertiary alicyclic amines) is 1. The topological polar surface area (TPSA) is 79.9 Å². The highest BCUT2D eigenvalue weighted by molar-refractivity contribution is 5.93. The quantitative estimate of drug-likeness (QED) is 0.814. The van der Waals surface area contributed by atoms with E-state index in [4.69, 9.17) is 9.47 Å². The third kappa shape index (κ3) is 5.06. The van der Waals surface area contributed by atoms with Crippen LogP contribution in [0.1, 0.15) is 12.8 Å². The van der Waals surface area contributed by atoms with Crippen LogP contribution in [0.4, 0.5) is 11.4 Å². The maximum atomic E-state index is 12.4. The number of nitrogens with one attached hydrogen (secondary N) is 2. The van der Waals surface area contributed by atoms with E-state index in [-0.39, 0.29) is 17.7 Å². The van der Waals surface area contributed by atoms with Crippen molar-refractivity contribution in [1.29, 1.82) is 0 Å². The van der Waals surface area contributed by atoms with Crippen LogP contribution in [0.15, 0.2) is 48.5 Å². The molecule has 0 aromatic heterocycles. The number of para-hydroxylation sites is 1. The Kier molecular flexibility index (Phi) is 5.95. The highest BCUT2D eigenvalue weighted by Gasteiger charge is 2.26. The van der Waals surface area contributed by atoms with Crippen molar-refractivity contribution in [3.8, 4) is 11.5 Å². The number of amides is 2. The summed E-state index contributed by atoms with van der Waals surface area (Å²) in [7, 11) is 0. The Hall–Kier alpha value is -3.06. The van der Waals surface area contributed by atoms with Crippen LogP contribution in [0.3, 0.4) is 0 Å². The molecule has 7 heteroatoms. The molecule has 4 rings (SSSR count). The lowest BCUT2D eigenvalue weighted by atomic mass is 9.96. The number of piperidine rings is 1. The summed E-state index contributed by atoms with van der Waals surface area (Å²) in [5.74, 6) is 1.31. The van der Waals surface area contributed by atoms with Crippen LogP contribution >= 0.6 is 0 Å². The first-order chi connectivity index (χ1) is 14.2. The van der Waals surface area contributed by atoms with E-state index >= 15 is 0 Å². The van der Waals surface area contributed by atoms with E-state index in [0.29, 0.717) is 36.9 Å². The van der Waals surface area contributed by atoms with Crippen molar-refractivity contribution in [1.82, 2.24) is 4.90 Å². The van der Waals surface area contributed by atoms with Crippen LogP contribution in [0, 0.1) is 5.92 Å². The van der Waals surface area contributed by atoms with Gasteiger partial charge in [0.15, 0.2) is 11.5 Å². The van der Waals surface area contributed by atoms with Gasteiger partial charge in [-0.25, -0.2) is 0 Å². The number of fused-ring (bicyclic) bond motifs is 1. The Balaban J connectivity index is 1.23. The van der Waals surface area contributed by atoms with E-state index in [9.17, 15) is 9.59 Å². The molecular formula is C22H25N3O4. The lowest BCUT2D eigenvalue weighted by Crippen LogP contribution is -2.41. The number of benzene rings is 2. The molecule has 0 spiro atoms. The number of carbonyl (C=O) groups excluding carboxylic acids is 2. The fourth-order valence-electron chi connectivity index (χ4n) is 3.64. The van der Waals surface area contributed by atoms with Gasteiger partial charge in [0.25, 0.3) is 0 Å². The normalized spacial score (nSPS) is 16.8. The molecule has 2 aliphatic rings. The standard InChI is InChI=1S/C22H25N3O4/c26-21(23-18-6-7-19-20(14-18)29-13-12-28-19)15-25-10-8-16(9-11-25)22(27)24-17-4-2-1-3-5-17/h1-7,14,16H,8-13,15H2,(H,23,26)(H,24,27). The molecule has 0 radical (unpaired) electrons. The minimum Gasteiger partial charge on any atom is -0.486 e. The van der Waals surface area contributed by atoms with Crippen LogP contribution in [-0.2, 0) is 9.59 Å². The predicted molar refractivity (Wildman–Crippen MR) is 110 cm³/mol. The molecular weight excluding hydrogens is 370 g/mol. The average molecular weight is 395 g/mol. The zero-order valence-corrected chi connectivity index (χ0v) is 16.2. The third-order valence-electron chi connectivity index (χ3n) is 5.19. The minimum absolute atomic E-state index is 0.0210. The second-order valence-electron chi connectivity index (χ2n) is 7.31. The van der Waals surface area contributed by atoms with Gasteiger partial charge in [0.05, 0.1) is 6.54 Å². The number of hydrogen-bond acceptors (Lipinski definition) is 5. The zero-order chi connectivity index (χ0) is 20.1. The molecule has 0 saturated carbocycles. The first kappa shape index (κ1) is 19.3. The van der Waals surface area contributed by atoms with Gasteiger partial charge in [0.1, 0.15) is 13.2 Å². The Morgan fingerprint density at radius 2 is 1.62 bits per heavy atom. The van der Waals surface area contributed by atoms with Crippen LogP contribution < -0.4 is 20.1 Å². The van der Waals surface area contributed by atoms with Crippen molar-refractivity contribution < 1.29 is 19.1 Å². The highest BCUT2D eigenvalue weighted by Crippen LogP contribution is 2.32. The van der Waals surface area contributed by atoms with Gasteiger partial charge in [-0.2, -0.15) is 0 Å². The van der Waals surface area contributed by atoms with Crippen molar-refractivity contribution in [3.05, 3.63) is 48.5 Å². The third-order valence-corrected chi connectivity index (χ3v) is 5.19. The van der Waals surface area contributed by atoms with E-state index in [0.717, 1.165) is 31.6 Å². The van der Waals surface area contributed by atoms with Crippen LogP contribution in [0.25, 0.3) is 0 Å². The van der Waals surface area contributed by atoms with E-state index in [2.05, 4.69) is 15.5 Å². The van der Waals surface area contributed by atoms with Crippen LogP contribution in [0.2, 0.25) is 0 Å². The van der Waals surface area contributed by atoms with Crippen LogP contribution in [0.5, 0.6) is 11.5 Å². The molecule has 1 fully saturated rings. The fourth-order valence-corrected chi connectivity index (χ4v) is 3.64. The van der Waals surface area contributed by atoms with E-state index < -0.39 is 0 Å². The van der Waals surface area contributed by atoms with Crippen molar-refractivity contribution >= 4 is 23.2 Å². The number of nitrogens with zero attached hydrogens (tertiary/aromatic N) is 1. The molecule has 1 saturated heterocycles. The van der Waals surface area contributed by atoms with Gasteiger partial charge >= 0.3 is 0 Å². The minimum atomic E-state index is -0.0751. The first-order valence-corrected chi connectivity index (χ1v) is 9.95.